The third-order valence-electron chi connectivity index (χ3n) is 5.67. The van der Waals surface area contributed by atoms with E-state index in [-0.39, 0.29) is 0 Å². The number of rotatable bonds is 25. The first-order valence-corrected chi connectivity index (χ1v) is 13.1. The summed E-state index contributed by atoms with van der Waals surface area (Å²) in [6.45, 7) is 8.11. The lowest BCUT2D eigenvalue weighted by molar-refractivity contribution is 0.125. The lowest BCUT2D eigenvalue weighted by Crippen LogP contribution is -1.97. The van der Waals surface area contributed by atoms with Gasteiger partial charge in [0.25, 0.3) is 0 Å². The molecule has 28 heavy (non-hydrogen) atoms. The molecule has 0 aromatic heterocycles. The van der Waals surface area contributed by atoms with Crippen molar-refractivity contribution < 1.29 is 9.47 Å². The van der Waals surface area contributed by atoms with Crippen LogP contribution in [0.15, 0.2) is 0 Å². The molecule has 0 aliphatic carbocycles. The van der Waals surface area contributed by atoms with Gasteiger partial charge in [0.15, 0.2) is 0 Å². The average Bonchev–Trinajstić information content (AvgIpc) is 2.71. The summed E-state index contributed by atoms with van der Waals surface area (Å²) >= 11 is 0. The second kappa shape index (κ2) is 26.9. The van der Waals surface area contributed by atoms with Crippen molar-refractivity contribution in [2.45, 2.75) is 142 Å². The molecule has 0 radical (unpaired) electrons. The average molecular weight is 399 g/mol. The Morgan fingerprint density at radius 3 is 0.929 bits per heavy atom. The quantitative estimate of drug-likeness (QED) is 0.143. The molecule has 0 aromatic rings. The smallest absolute Gasteiger partial charge is 0.0466 e. The largest absolute Gasteiger partial charge is 0.382 e. The Labute approximate surface area is 178 Å². The van der Waals surface area contributed by atoms with Crippen molar-refractivity contribution in [3.8, 4) is 0 Å². The van der Waals surface area contributed by atoms with Crippen molar-refractivity contribution in [3.05, 3.63) is 0 Å². The Morgan fingerprint density at radius 1 is 0.321 bits per heavy atom. The van der Waals surface area contributed by atoms with Gasteiger partial charge in [-0.2, -0.15) is 0 Å². The molecule has 0 spiro atoms. The third-order valence-corrected chi connectivity index (χ3v) is 5.67. The van der Waals surface area contributed by atoms with Crippen LogP contribution in [0.4, 0.5) is 0 Å². The van der Waals surface area contributed by atoms with Crippen LogP contribution in [0.1, 0.15) is 142 Å². The van der Waals surface area contributed by atoms with Crippen LogP contribution >= 0.6 is 0 Å². The van der Waals surface area contributed by atoms with Crippen LogP contribution in [0.5, 0.6) is 0 Å². The second-order valence-corrected chi connectivity index (χ2v) is 8.53. The van der Waals surface area contributed by atoms with Crippen LogP contribution in [-0.2, 0) is 9.47 Å². The highest BCUT2D eigenvalue weighted by molar-refractivity contribution is 4.50. The summed E-state index contributed by atoms with van der Waals surface area (Å²) in [4.78, 5) is 0. The van der Waals surface area contributed by atoms with Crippen LogP contribution in [0.25, 0.3) is 0 Å². The van der Waals surface area contributed by atoms with Gasteiger partial charge in [0.1, 0.15) is 0 Å². The zero-order valence-electron chi connectivity index (χ0n) is 19.8. The number of hydrogen-bond donors (Lipinski definition) is 0. The lowest BCUT2D eigenvalue weighted by Gasteiger charge is -2.05. The summed E-state index contributed by atoms with van der Waals surface area (Å²) in [6, 6.07) is 0. The summed E-state index contributed by atoms with van der Waals surface area (Å²) in [5.74, 6) is 0. The van der Waals surface area contributed by atoms with Gasteiger partial charge in [-0.1, -0.05) is 116 Å². The summed E-state index contributed by atoms with van der Waals surface area (Å²) in [5, 5.41) is 0. The highest BCUT2D eigenvalue weighted by atomic mass is 16.5. The van der Waals surface area contributed by atoms with E-state index in [0.29, 0.717) is 0 Å². The van der Waals surface area contributed by atoms with Crippen LogP contribution in [0.2, 0.25) is 0 Å². The van der Waals surface area contributed by atoms with E-state index in [1.807, 2.05) is 0 Å². The maximum atomic E-state index is 5.78. The van der Waals surface area contributed by atoms with Crippen LogP contribution in [0.3, 0.4) is 0 Å². The van der Waals surface area contributed by atoms with Gasteiger partial charge in [-0.15, -0.1) is 0 Å². The molecular formula is C26H54O2. The lowest BCUT2D eigenvalue weighted by atomic mass is 10.0. The zero-order valence-corrected chi connectivity index (χ0v) is 19.8. The van der Waals surface area contributed by atoms with E-state index in [2.05, 4.69) is 13.8 Å². The van der Waals surface area contributed by atoms with Crippen LogP contribution in [0, 0.1) is 0 Å². The Balaban J connectivity index is 2.96. The number of ether oxygens (including phenoxy) is 2. The standard InChI is InChI=1S/C26H54O2/c1-3-5-6-7-8-9-10-11-12-13-14-15-19-22-25-28-26-23-20-17-16-18-21-24-27-4-2/h3-26H2,1-2H3. The normalized spacial score (nSPS) is 11.4. The summed E-state index contributed by atoms with van der Waals surface area (Å²) < 4.78 is 11.1. The molecule has 0 aliphatic heterocycles. The minimum Gasteiger partial charge on any atom is -0.382 e. The van der Waals surface area contributed by atoms with E-state index in [9.17, 15) is 0 Å². The number of hydrogen-bond acceptors (Lipinski definition) is 2. The Kier molecular flexibility index (Phi) is 26.8. The first-order valence-electron chi connectivity index (χ1n) is 13.1. The molecule has 0 atom stereocenters. The Morgan fingerprint density at radius 2 is 0.607 bits per heavy atom. The third kappa shape index (κ3) is 25.9. The van der Waals surface area contributed by atoms with Crippen molar-refractivity contribution in [1.29, 1.82) is 0 Å². The molecule has 0 N–H and O–H groups in total. The van der Waals surface area contributed by atoms with Gasteiger partial charge in [-0.25, -0.2) is 0 Å². The fraction of sp³-hybridized carbons (Fsp3) is 1.00. The fourth-order valence-corrected chi connectivity index (χ4v) is 3.76. The highest BCUT2D eigenvalue weighted by Gasteiger charge is 1.95. The van der Waals surface area contributed by atoms with Gasteiger partial charge >= 0.3 is 0 Å². The van der Waals surface area contributed by atoms with Crippen LogP contribution < -0.4 is 0 Å². The molecule has 2 nitrogen and oxygen atoms in total. The molecule has 0 amide bonds. The highest BCUT2D eigenvalue weighted by Crippen LogP contribution is 2.13. The first kappa shape index (κ1) is 27.9. The van der Waals surface area contributed by atoms with Crippen molar-refractivity contribution in [1.82, 2.24) is 0 Å². The van der Waals surface area contributed by atoms with Crippen molar-refractivity contribution in [2.75, 3.05) is 26.4 Å². The minimum atomic E-state index is 0.858. The van der Waals surface area contributed by atoms with Gasteiger partial charge in [0, 0.05) is 26.4 Å². The predicted molar refractivity (Wildman–Crippen MR) is 125 cm³/mol. The van der Waals surface area contributed by atoms with Gasteiger partial charge < -0.3 is 9.47 Å². The van der Waals surface area contributed by atoms with Gasteiger partial charge in [0.2, 0.25) is 0 Å². The van der Waals surface area contributed by atoms with E-state index in [1.165, 1.54) is 128 Å². The minimum absolute atomic E-state index is 0.858. The summed E-state index contributed by atoms with van der Waals surface area (Å²) in [7, 11) is 0. The maximum absolute atomic E-state index is 5.78. The fourth-order valence-electron chi connectivity index (χ4n) is 3.76. The number of unbranched alkanes of at least 4 members (excludes halogenated alkanes) is 18. The zero-order chi connectivity index (χ0) is 20.4. The van der Waals surface area contributed by atoms with Crippen molar-refractivity contribution in [2.24, 2.45) is 0 Å². The Hall–Kier alpha value is -0.0800. The molecular weight excluding hydrogens is 344 g/mol. The molecule has 170 valence electrons. The van der Waals surface area contributed by atoms with E-state index in [4.69, 9.17) is 9.47 Å². The molecule has 0 aromatic carbocycles. The van der Waals surface area contributed by atoms with Gasteiger partial charge in [-0.05, 0) is 26.2 Å². The summed E-state index contributed by atoms with van der Waals surface area (Å²) in [5.41, 5.74) is 0. The first-order chi connectivity index (χ1) is 13.9. The molecule has 0 aliphatic rings. The van der Waals surface area contributed by atoms with Crippen molar-refractivity contribution in [3.63, 3.8) is 0 Å². The van der Waals surface area contributed by atoms with E-state index >= 15 is 0 Å². The summed E-state index contributed by atoms with van der Waals surface area (Å²) in [6.07, 6.45) is 27.7. The van der Waals surface area contributed by atoms with Crippen molar-refractivity contribution >= 4 is 0 Å². The molecule has 0 rings (SSSR count). The van der Waals surface area contributed by atoms with Gasteiger partial charge in [-0.3, -0.25) is 0 Å². The monoisotopic (exact) mass is 398 g/mol. The molecule has 0 unspecified atom stereocenters. The molecule has 0 fully saturated rings. The van der Waals surface area contributed by atoms with Gasteiger partial charge in [0.05, 0.1) is 0 Å². The molecule has 0 bridgehead atoms. The maximum Gasteiger partial charge on any atom is 0.0466 e. The molecule has 0 saturated heterocycles. The Bertz CT molecular complexity index is 229. The topological polar surface area (TPSA) is 18.5 Å². The van der Waals surface area contributed by atoms with E-state index < -0.39 is 0 Å². The molecule has 0 heterocycles. The molecule has 2 heteroatoms. The van der Waals surface area contributed by atoms with Crippen LogP contribution in [-0.4, -0.2) is 26.4 Å². The second-order valence-electron chi connectivity index (χ2n) is 8.53. The van der Waals surface area contributed by atoms with E-state index in [0.717, 1.165) is 26.4 Å². The van der Waals surface area contributed by atoms with E-state index in [1.54, 1.807) is 0 Å². The predicted octanol–water partition coefficient (Wildman–Crippen LogP) is 8.86. The molecule has 0 saturated carbocycles. The SMILES string of the molecule is CCCCCCCCCCCCCCCCOCCCCCCCCOCC.